The molecule has 2 amide bonds. The highest BCUT2D eigenvalue weighted by Gasteiger charge is 2.41. The molecule has 3 N–H and O–H groups in total. The summed E-state index contributed by atoms with van der Waals surface area (Å²) in [5.74, 6) is 1.29. The zero-order chi connectivity index (χ0) is 18.0. The van der Waals surface area contributed by atoms with Gasteiger partial charge in [0.2, 0.25) is 5.91 Å². The van der Waals surface area contributed by atoms with E-state index in [1.165, 1.54) is 19.3 Å². The van der Waals surface area contributed by atoms with Crippen LogP contribution in [0.3, 0.4) is 0 Å². The monoisotopic (exact) mass is 379 g/mol. The van der Waals surface area contributed by atoms with Crippen LogP contribution in [-0.2, 0) is 11.3 Å². The van der Waals surface area contributed by atoms with Crippen LogP contribution in [0.2, 0.25) is 0 Å². The van der Waals surface area contributed by atoms with Crippen molar-refractivity contribution in [1.82, 2.24) is 10.2 Å². The Morgan fingerprint density at radius 2 is 1.73 bits per heavy atom. The van der Waals surface area contributed by atoms with E-state index in [9.17, 15) is 9.59 Å². The van der Waals surface area contributed by atoms with Gasteiger partial charge in [-0.2, -0.15) is 0 Å². The molecule has 1 aromatic rings. The summed E-state index contributed by atoms with van der Waals surface area (Å²) in [5.41, 5.74) is 8.01. The van der Waals surface area contributed by atoms with E-state index in [4.69, 9.17) is 5.73 Å². The van der Waals surface area contributed by atoms with Crippen molar-refractivity contribution in [3.8, 4) is 0 Å². The molecular formula is C20H30ClN3O2. The fraction of sp³-hybridized carbons (Fsp3) is 0.600. The lowest BCUT2D eigenvalue weighted by molar-refractivity contribution is -0.137. The molecule has 2 unspecified atom stereocenters. The molecule has 26 heavy (non-hydrogen) atoms. The minimum Gasteiger partial charge on any atom is -0.355 e. The zero-order valence-corrected chi connectivity index (χ0v) is 16.4. The third kappa shape index (κ3) is 4.38. The molecule has 0 heterocycles. The number of halogens is 1. The molecule has 2 aliphatic carbocycles. The SMILES string of the molecule is CNC(=O)c1ccc(CN(C)C(=O)C2CC3CCCC(C2)C3N)cc1.Cl. The molecule has 0 radical (unpaired) electrons. The molecule has 0 aromatic heterocycles. The van der Waals surface area contributed by atoms with Gasteiger partial charge in [0.05, 0.1) is 0 Å². The van der Waals surface area contributed by atoms with Crippen LogP contribution in [0.25, 0.3) is 0 Å². The van der Waals surface area contributed by atoms with Crippen molar-refractivity contribution in [2.45, 2.75) is 44.7 Å². The van der Waals surface area contributed by atoms with E-state index >= 15 is 0 Å². The second-order valence-corrected chi connectivity index (χ2v) is 7.67. The molecule has 3 rings (SSSR count). The summed E-state index contributed by atoms with van der Waals surface area (Å²) in [7, 11) is 3.49. The predicted octanol–water partition coefficient (Wildman–Crippen LogP) is 2.58. The molecule has 1 aromatic carbocycles. The van der Waals surface area contributed by atoms with Gasteiger partial charge in [-0.1, -0.05) is 18.6 Å². The number of nitrogens with one attached hydrogen (secondary N) is 1. The molecular weight excluding hydrogens is 350 g/mol. The highest BCUT2D eigenvalue weighted by atomic mass is 35.5. The highest BCUT2D eigenvalue weighted by molar-refractivity contribution is 5.93. The Hall–Kier alpha value is -1.59. The number of fused-ring (bicyclic) bond motifs is 2. The van der Waals surface area contributed by atoms with E-state index in [-0.39, 0.29) is 30.1 Å². The van der Waals surface area contributed by atoms with E-state index < -0.39 is 0 Å². The van der Waals surface area contributed by atoms with Crippen LogP contribution in [-0.4, -0.2) is 36.9 Å². The lowest BCUT2D eigenvalue weighted by Gasteiger charge is -2.44. The normalized spacial score (nSPS) is 27.2. The third-order valence-electron chi connectivity index (χ3n) is 6.00. The van der Waals surface area contributed by atoms with E-state index in [1.807, 2.05) is 24.1 Å². The number of nitrogens with two attached hydrogens (primary N) is 1. The molecule has 144 valence electrons. The second kappa shape index (κ2) is 8.87. The molecule has 2 bridgehead atoms. The maximum atomic E-state index is 12.9. The average molecular weight is 380 g/mol. The van der Waals surface area contributed by atoms with Crippen molar-refractivity contribution < 1.29 is 9.59 Å². The minimum atomic E-state index is -0.0962. The van der Waals surface area contributed by atoms with Crippen LogP contribution < -0.4 is 11.1 Å². The van der Waals surface area contributed by atoms with Gasteiger partial charge in [0, 0.05) is 38.2 Å². The van der Waals surface area contributed by atoms with Crippen molar-refractivity contribution in [3.63, 3.8) is 0 Å². The Bertz CT molecular complexity index is 620. The number of carbonyl (C=O) groups excluding carboxylic acids is 2. The summed E-state index contributed by atoms with van der Waals surface area (Å²) >= 11 is 0. The number of carbonyl (C=O) groups is 2. The Kier molecular flexibility index (Phi) is 7.07. The van der Waals surface area contributed by atoms with Gasteiger partial charge in [-0.15, -0.1) is 12.4 Å². The summed E-state index contributed by atoms with van der Waals surface area (Å²) in [4.78, 5) is 26.3. The third-order valence-corrected chi connectivity index (χ3v) is 6.00. The van der Waals surface area contributed by atoms with Crippen molar-refractivity contribution in [2.24, 2.45) is 23.5 Å². The number of nitrogens with zero attached hydrogens (tertiary/aromatic N) is 1. The van der Waals surface area contributed by atoms with Crippen LogP contribution >= 0.6 is 12.4 Å². The van der Waals surface area contributed by atoms with Crippen LogP contribution in [0.4, 0.5) is 0 Å². The molecule has 2 saturated carbocycles. The average Bonchev–Trinajstić information content (AvgIpc) is 2.61. The fourth-order valence-electron chi connectivity index (χ4n) is 4.56. The van der Waals surface area contributed by atoms with Gasteiger partial charge in [-0.05, 0) is 55.2 Å². The molecule has 0 spiro atoms. The van der Waals surface area contributed by atoms with Gasteiger partial charge >= 0.3 is 0 Å². The van der Waals surface area contributed by atoms with Crippen molar-refractivity contribution in [1.29, 1.82) is 0 Å². The molecule has 2 fully saturated rings. The first kappa shape index (κ1) is 20.7. The van der Waals surface area contributed by atoms with E-state index in [1.54, 1.807) is 19.2 Å². The van der Waals surface area contributed by atoms with Gasteiger partial charge in [0.1, 0.15) is 0 Å². The lowest BCUT2D eigenvalue weighted by atomic mass is 9.65. The van der Waals surface area contributed by atoms with Crippen molar-refractivity contribution in [2.75, 3.05) is 14.1 Å². The molecule has 2 atom stereocenters. The van der Waals surface area contributed by atoms with Gasteiger partial charge in [-0.3, -0.25) is 9.59 Å². The van der Waals surface area contributed by atoms with Gasteiger partial charge in [0.15, 0.2) is 0 Å². The fourth-order valence-corrected chi connectivity index (χ4v) is 4.56. The Morgan fingerprint density at radius 3 is 2.27 bits per heavy atom. The van der Waals surface area contributed by atoms with Gasteiger partial charge < -0.3 is 16.0 Å². The molecule has 6 heteroatoms. The summed E-state index contributed by atoms with van der Waals surface area (Å²) < 4.78 is 0. The number of hydrogen-bond donors (Lipinski definition) is 2. The lowest BCUT2D eigenvalue weighted by Crippen LogP contribution is -2.49. The zero-order valence-electron chi connectivity index (χ0n) is 15.6. The number of rotatable bonds is 4. The van der Waals surface area contributed by atoms with Crippen LogP contribution in [0.5, 0.6) is 0 Å². The van der Waals surface area contributed by atoms with Crippen LogP contribution in [0.15, 0.2) is 24.3 Å². The topological polar surface area (TPSA) is 75.4 Å². The quantitative estimate of drug-likeness (QED) is 0.844. The first-order chi connectivity index (χ1) is 12.0. The van der Waals surface area contributed by atoms with Crippen LogP contribution in [0.1, 0.15) is 48.0 Å². The first-order valence-corrected chi connectivity index (χ1v) is 9.31. The standard InChI is InChI=1S/C20H29N3O2.ClH/c1-22-19(24)14-8-6-13(7-9-14)12-23(2)20(25)17-10-15-4-3-5-16(11-17)18(15)21;/h6-9,15-18H,3-5,10-12,21H2,1-2H3,(H,22,24);1H. The largest absolute Gasteiger partial charge is 0.355 e. The first-order valence-electron chi connectivity index (χ1n) is 9.31. The molecule has 0 saturated heterocycles. The van der Waals surface area contributed by atoms with Gasteiger partial charge in [0.25, 0.3) is 5.91 Å². The van der Waals surface area contributed by atoms with E-state index in [0.717, 1.165) is 18.4 Å². The second-order valence-electron chi connectivity index (χ2n) is 7.67. The Balaban J connectivity index is 0.00000243. The van der Waals surface area contributed by atoms with Crippen LogP contribution in [0, 0.1) is 17.8 Å². The van der Waals surface area contributed by atoms with E-state index in [2.05, 4.69) is 5.32 Å². The number of benzene rings is 1. The smallest absolute Gasteiger partial charge is 0.251 e. The maximum Gasteiger partial charge on any atom is 0.251 e. The maximum absolute atomic E-state index is 12.9. The summed E-state index contributed by atoms with van der Waals surface area (Å²) in [6.07, 6.45) is 5.49. The summed E-state index contributed by atoms with van der Waals surface area (Å²) in [6.45, 7) is 0.574. The minimum absolute atomic E-state index is 0. The van der Waals surface area contributed by atoms with Crippen molar-refractivity contribution >= 4 is 24.2 Å². The Labute approximate surface area is 162 Å². The number of amides is 2. The summed E-state index contributed by atoms with van der Waals surface area (Å²) in [6, 6.07) is 7.73. The molecule has 0 aliphatic heterocycles. The van der Waals surface area contributed by atoms with Crippen molar-refractivity contribution in [3.05, 3.63) is 35.4 Å². The van der Waals surface area contributed by atoms with Gasteiger partial charge in [-0.25, -0.2) is 0 Å². The number of hydrogen-bond acceptors (Lipinski definition) is 3. The molecule has 2 aliphatic rings. The predicted molar refractivity (Wildman–Crippen MR) is 105 cm³/mol. The Morgan fingerprint density at radius 1 is 1.15 bits per heavy atom. The highest BCUT2D eigenvalue weighted by Crippen LogP contribution is 2.42. The van der Waals surface area contributed by atoms with E-state index in [0.29, 0.717) is 30.0 Å². The summed E-state index contributed by atoms with van der Waals surface area (Å²) in [5, 5.41) is 2.61. The molecule has 5 nitrogen and oxygen atoms in total.